The first-order valence-corrected chi connectivity index (χ1v) is 10.2. The van der Waals surface area contributed by atoms with Gasteiger partial charge in [-0.25, -0.2) is 9.59 Å². The lowest BCUT2D eigenvalue weighted by Crippen LogP contribution is -2.53. The molecule has 0 aliphatic carbocycles. The van der Waals surface area contributed by atoms with Crippen LogP contribution in [0.3, 0.4) is 0 Å². The van der Waals surface area contributed by atoms with Crippen molar-refractivity contribution in [2.45, 2.75) is 51.3 Å². The van der Waals surface area contributed by atoms with Crippen molar-refractivity contribution in [2.24, 2.45) is 0 Å². The lowest BCUT2D eigenvalue weighted by Gasteiger charge is -2.24. The zero-order valence-electron chi connectivity index (χ0n) is 18.6. The van der Waals surface area contributed by atoms with Crippen LogP contribution >= 0.6 is 0 Å². The molecule has 0 fully saturated rings. The molecule has 0 aliphatic rings. The van der Waals surface area contributed by atoms with Crippen molar-refractivity contribution in [1.82, 2.24) is 10.6 Å². The molecule has 0 heterocycles. The van der Waals surface area contributed by atoms with Crippen LogP contribution in [0.5, 0.6) is 0 Å². The predicted octanol–water partition coefficient (Wildman–Crippen LogP) is 2.84. The molecule has 10 heteroatoms. The Hall–Kier alpha value is -3.95. The second kappa shape index (κ2) is 11.1. The summed E-state index contributed by atoms with van der Waals surface area (Å²) in [5.41, 5.74) is 0.347. The van der Waals surface area contributed by atoms with Crippen LogP contribution in [0.2, 0.25) is 0 Å². The molecule has 0 spiro atoms. The van der Waals surface area contributed by atoms with E-state index < -0.39 is 40.6 Å². The third-order valence-electron chi connectivity index (χ3n) is 4.49. The standard InChI is InChI=1S/C23H27N3O7/c1-23(2,3)33-22(30)25-18(13-15-7-5-4-6-8-15)20(27)24-19(21(28)29)14-16-9-11-17(12-10-16)26(31)32/h4-12,18-19H,13-14H2,1-3H3,(H,24,27)(H,25,30)(H,28,29)/t18-,19+/m1/s1. The summed E-state index contributed by atoms with van der Waals surface area (Å²) in [6.07, 6.45) is -0.778. The van der Waals surface area contributed by atoms with Crippen LogP contribution in [0.25, 0.3) is 0 Å². The number of carbonyl (C=O) groups is 3. The molecule has 2 amide bonds. The number of carboxylic acid groups (broad SMARTS) is 1. The van der Waals surface area contributed by atoms with E-state index in [4.69, 9.17) is 4.74 Å². The van der Waals surface area contributed by atoms with Crippen LogP contribution in [0.1, 0.15) is 31.9 Å². The van der Waals surface area contributed by atoms with Crippen molar-refractivity contribution in [1.29, 1.82) is 0 Å². The van der Waals surface area contributed by atoms with Gasteiger partial charge in [-0.1, -0.05) is 42.5 Å². The summed E-state index contributed by atoms with van der Waals surface area (Å²) >= 11 is 0. The fourth-order valence-electron chi connectivity index (χ4n) is 2.97. The number of non-ortho nitro benzene ring substituents is 1. The van der Waals surface area contributed by atoms with Gasteiger partial charge in [0.1, 0.15) is 17.7 Å². The number of nitro groups is 1. The van der Waals surface area contributed by atoms with Crippen molar-refractivity contribution >= 4 is 23.7 Å². The number of alkyl carbamates (subject to hydrolysis) is 1. The van der Waals surface area contributed by atoms with E-state index in [0.29, 0.717) is 5.56 Å². The molecular formula is C23H27N3O7. The molecule has 0 radical (unpaired) electrons. The molecule has 0 saturated carbocycles. The van der Waals surface area contributed by atoms with Gasteiger partial charge in [-0.05, 0) is 31.9 Å². The van der Waals surface area contributed by atoms with Crippen LogP contribution < -0.4 is 10.6 Å². The van der Waals surface area contributed by atoms with Gasteiger partial charge in [-0.2, -0.15) is 0 Å². The second-order valence-electron chi connectivity index (χ2n) is 8.42. The first-order chi connectivity index (χ1) is 15.4. The van der Waals surface area contributed by atoms with E-state index in [2.05, 4.69) is 10.6 Å². The van der Waals surface area contributed by atoms with Gasteiger partial charge in [0.2, 0.25) is 5.91 Å². The highest BCUT2D eigenvalue weighted by Crippen LogP contribution is 2.14. The third-order valence-corrected chi connectivity index (χ3v) is 4.49. The van der Waals surface area contributed by atoms with Gasteiger partial charge >= 0.3 is 12.1 Å². The van der Waals surface area contributed by atoms with Crippen molar-refractivity contribution < 1.29 is 29.2 Å². The highest BCUT2D eigenvalue weighted by Gasteiger charge is 2.28. The molecule has 2 atom stereocenters. The zero-order valence-corrected chi connectivity index (χ0v) is 18.6. The number of ether oxygens (including phenoxy) is 1. The molecule has 0 aromatic heterocycles. The summed E-state index contributed by atoms with van der Waals surface area (Å²) in [5.74, 6) is -1.98. The minimum absolute atomic E-state index is 0.0937. The van der Waals surface area contributed by atoms with Crippen LogP contribution in [0.15, 0.2) is 54.6 Å². The Kier molecular flexibility index (Phi) is 8.49. The fraction of sp³-hybridized carbons (Fsp3) is 0.348. The van der Waals surface area contributed by atoms with Crippen molar-refractivity contribution in [2.75, 3.05) is 0 Å². The number of carboxylic acids is 1. The summed E-state index contributed by atoms with van der Waals surface area (Å²) in [6, 6.07) is 11.9. The molecule has 176 valence electrons. The highest BCUT2D eigenvalue weighted by molar-refractivity contribution is 5.89. The van der Waals surface area contributed by atoms with Gasteiger partial charge < -0.3 is 20.5 Å². The maximum atomic E-state index is 13.0. The topological polar surface area (TPSA) is 148 Å². The van der Waals surface area contributed by atoms with E-state index in [1.807, 2.05) is 6.07 Å². The average molecular weight is 457 g/mol. The van der Waals surface area contributed by atoms with Crippen LogP contribution in [0, 0.1) is 10.1 Å². The number of hydrogen-bond donors (Lipinski definition) is 3. The lowest BCUT2D eigenvalue weighted by atomic mass is 10.0. The van der Waals surface area contributed by atoms with Gasteiger partial charge in [0.05, 0.1) is 4.92 Å². The summed E-state index contributed by atoms with van der Waals surface area (Å²) in [7, 11) is 0. The molecule has 0 unspecified atom stereocenters. The molecule has 2 aromatic rings. The molecule has 0 saturated heterocycles. The minimum Gasteiger partial charge on any atom is -0.480 e. The summed E-state index contributed by atoms with van der Waals surface area (Å²) in [4.78, 5) is 47.2. The Bertz CT molecular complexity index is 985. The first-order valence-electron chi connectivity index (χ1n) is 10.2. The Morgan fingerprint density at radius 1 is 0.939 bits per heavy atom. The average Bonchev–Trinajstić information content (AvgIpc) is 2.72. The van der Waals surface area contributed by atoms with Gasteiger partial charge in [-0.3, -0.25) is 14.9 Å². The van der Waals surface area contributed by atoms with E-state index in [1.165, 1.54) is 24.3 Å². The smallest absolute Gasteiger partial charge is 0.408 e. The molecule has 33 heavy (non-hydrogen) atoms. The van der Waals surface area contributed by atoms with E-state index in [-0.39, 0.29) is 18.5 Å². The Balaban J connectivity index is 2.16. The maximum absolute atomic E-state index is 13.0. The third kappa shape index (κ3) is 8.60. The SMILES string of the molecule is CC(C)(C)OC(=O)N[C@H](Cc1ccccc1)C(=O)N[C@@H](Cc1ccc([N+](=O)[O-])cc1)C(=O)O. The Labute approximate surface area is 191 Å². The highest BCUT2D eigenvalue weighted by atomic mass is 16.6. The fourth-order valence-corrected chi connectivity index (χ4v) is 2.97. The molecule has 3 N–H and O–H groups in total. The monoisotopic (exact) mass is 457 g/mol. The molecule has 0 bridgehead atoms. The van der Waals surface area contributed by atoms with Gasteiger partial charge in [0.25, 0.3) is 5.69 Å². The quantitative estimate of drug-likeness (QED) is 0.387. The van der Waals surface area contributed by atoms with Crippen LogP contribution in [0.4, 0.5) is 10.5 Å². The summed E-state index contributed by atoms with van der Waals surface area (Å²) < 4.78 is 5.23. The van der Waals surface area contributed by atoms with E-state index >= 15 is 0 Å². The largest absolute Gasteiger partial charge is 0.480 e. The van der Waals surface area contributed by atoms with Crippen molar-refractivity contribution in [3.05, 3.63) is 75.8 Å². The zero-order chi connectivity index (χ0) is 24.6. The maximum Gasteiger partial charge on any atom is 0.408 e. The molecular weight excluding hydrogens is 430 g/mol. The molecule has 2 aromatic carbocycles. The molecule has 10 nitrogen and oxygen atoms in total. The van der Waals surface area contributed by atoms with E-state index in [0.717, 1.165) is 5.56 Å². The van der Waals surface area contributed by atoms with Gasteiger partial charge in [0, 0.05) is 25.0 Å². The van der Waals surface area contributed by atoms with E-state index in [1.54, 1.807) is 45.0 Å². The lowest BCUT2D eigenvalue weighted by molar-refractivity contribution is -0.384. The van der Waals surface area contributed by atoms with Crippen molar-refractivity contribution in [3.8, 4) is 0 Å². The predicted molar refractivity (Wildman–Crippen MR) is 120 cm³/mol. The number of carbonyl (C=O) groups excluding carboxylic acids is 2. The Morgan fingerprint density at radius 3 is 2.00 bits per heavy atom. The number of hydrogen-bond acceptors (Lipinski definition) is 6. The first kappa shape index (κ1) is 25.3. The van der Waals surface area contributed by atoms with Crippen molar-refractivity contribution in [3.63, 3.8) is 0 Å². The van der Waals surface area contributed by atoms with E-state index in [9.17, 15) is 29.6 Å². The van der Waals surface area contributed by atoms with Crippen LogP contribution in [-0.4, -0.2) is 45.7 Å². The number of nitro benzene ring substituents is 1. The Morgan fingerprint density at radius 2 is 1.48 bits per heavy atom. The summed E-state index contributed by atoms with van der Waals surface area (Å²) in [5, 5.41) is 25.4. The second-order valence-corrected chi connectivity index (χ2v) is 8.42. The number of benzene rings is 2. The van der Waals surface area contributed by atoms with Gasteiger partial charge in [-0.15, -0.1) is 0 Å². The number of rotatable bonds is 9. The van der Waals surface area contributed by atoms with Gasteiger partial charge in [0.15, 0.2) is 0 Å². The molecule has 0 aliphatic heterocycles. The minimum atomic E-state index is -1.31. The summed E-state index contributed by atoms with van der Waals surface area (Å²) in [6.45, 7) is 5.05. The number of amides is 2. The number of nitrogens with zero attached hydrogens (tertiary/aromatic N) is 1. The normalized spacial score (nSPS) is 12.8. The molecule has 2 rings (SSSR count). The number of aliphatic carboxylic acids is 1. The van der Waals surface area contributed by atoms with Crippen LogP contribution in [-0.2, 0) is 27.2 Å². The number of nitrogens with one attached hydrogen (secondary N) is 2.